The van der Waals surface area contributed by atoms with Crippen molar-refractivity contribution in [2.45, 2.75) is 25.5 Å². The summed E-state index contributed by atoms with van der Waals surface area (Å²) in [5, 5.41) is 10.6. The Bertz CT molecular complexity index is 823. The lowest BCUT2D eigenvalue weighted by Crippen LogP contribution is -2.36. The molecule has 0 unspecified atom stereocenters. The second kappa shape index (κ2) is 7.27. The summed E-state index contributed by atoms with van der Waals surface area (Å²) in [7, 11) is 1.39. The van der Waals surface area contributed by atoms with Crippen molar-refractivity contribution in [1.29, 1.82) is 0 Å². The monoisotopic (exact) mass is 339 g/mol. The summed E-state index contributed by atoms with van der Waals surface area (Å²) in [5.74, 6) is 0.299. The second-order valence-electron chi connectivity index (χ2n) is 4.78. The molecule has 0 radical (unpaired) electrons. The van der Waals surface area contributed by atoms with Crippen LogP contribution < -0.4 is 16.6 Å². The Kier molecular flexibility index (Phi) is 5.37. The zero-order valence-corrected chi connectivity index (χ0v) is 13.8. The number of nitrogens with zero attached hydrogens (tertiary/aromatic N) is 3. The number of nitrogens with one attached hydrogen (secondary N) is 2. The van der Waals surface area contributed by atoms with Gasteiger partial charge in [-0.3, -0.25) is 14.2 Å². The Morgan fingerprint density at radius 2 is 2.13 bits per heavy atom. The van der Waals surface area contributed by atoms with Gasteiger partial charge in [0.2, 0.25) is 11.8 Å². The number of aromatic amines is 1. The molecule has 124 valence electrons. The highest BCUT2D eigenvalue weighted by Crippen LogP contribution is 2.17. The number of thioether (sulfide) groups is 1. The summed E-state index contributed by atoms with van der Waals surface area (Å²) in [6.07, 6.45) is 0.115. The summed E-state index contributed by atoms with van der Waals surface area (Å²) < 4.78 is 6.41. The summed E-state index contributed by atoms with van der Waals surface area (Å²) in [6.45, 7) is 4.03. The minimum Gasteiger partial charge on any atom is -0.416 e. The molecule has 0 fully saturated rings. The summed E-state index contributed by atoms with van der Waals surface area (Å²) in [5.41, 5.74) is -0.0233. The second-order valence-corrected chi connectivity index (χ2v) is 5.71. The highest BCUT2D eigenvalue weighted by Gasteiger charge is 2.15. The van der Waals surface area contributed by atoms with E-state index in [2.05, 4.69) is 20.5 Å². The lowest BCUT2D eigenvalue weighted by molar-refractivity contribution is -0.118. The van der Waals surface area contributed by atoms with Crippen molar-refractivity contribution in [3.8, 4) is 0 Å². The number of hydrogen-bond acceptors (Lipinski definition) is 7. The molecule has 2 rings (SSSR count). The minimum atomic E-state index is -0.472. The van der Waals surface area contributed by atoms with Crippen molar-refractivity contribution in [2.24, 2.45) is 7.05 Å². The van der Waals surface area contributed by atoms with Crippen molar-refractivity contribution < 1.29 is 9.21 Å². The van der Waals surface area contributed by atoms with E-state index in [0.717, 1.165) is 16.3 Å². The van der Waals surface area contributed by atoms with Crippen LogP contribution in [0.2, 0.25) is 0 Å². The molecular formula is C13H17N5O4S. The van der Waals surface area contributed by atoms with Gasteiger partial charge in [0.25, 0.3) is 10.8 Å². The van der Waals surface area contributed by atoms with E-state index >= 15 is 0 Å². The van der Waals surface area contributed by atoms with E-state index in [0.29, 0.717) is 17.8 Å². The van der Waals surface area contributed by atoms with E-state index in [1.165, 1.54) is 7.05 Å². The molecule has 0 aromatic carbocycles. The third kappa shape index (κ3) is 4.09. The lowest BCUT2D eigenvalue weighted by atomic mass is 10.2. The molecule has 0 spiro atoms. The SMILES string of the molecule is CCNC(=O)CSc1nnc(Cc2c(C)[nH]c(=O)n(C)c2=O)o1. The van der Waals surface area contributed by atoms with Crippen LogP contribution in [0.3, 0.4) is 0 Å². The van der Waals surface area contributed by atoms with Crippen LogP contribution in [-0.4, -0.2) is 38.0 Å². The Labute approximate surface area is 135 Å². The quantitative estimate of drug-likeness (QED) is 0.685. The van der Waals surface area contributed by atoms with Crippen LogP contribution >= 0.6 is 11.8 Å². The molecule has 0 saturated heterocycles. The number of aryl methyl sites for hydroxylation is 1. The first-order valence-electron chi connectivity index (χ1n) is 6.93. The number of rotatable bonds is 6. The van der Waals surface area contributed by atoms with Gasteiger partial charge in [0.1, 0.15) is 0 Å². The molecule has 2 aromatic rings. The standard InChI is InChI=1S/C13H17N5O4S/c1-4-14-9(19)6-23-13-17-16-10(22-13)5-8-7(2)15-12(21)18(3)11(8)20/h4-6H2,1-3H3,(H,14,19)(H,15,21). The average molecular weight is 339 g/mol. The van der Waals surface area contributed by atoms with Gasteiger partial charge < -0.3 is 14.7 Å². The first-order valence-corrected chi connectivity index (χ1v) is 7.91. The van der Waals surface area contributed by atoms with Crippen LogP contribution in [0.1, 0.15) is 24.1 Å². The molecule has 0 aliphatic heterocycles. The molecule has 2 aromatic heterocycles. The van der Waals surface area contributed by atoms with E-state index in [4.69, 9.17) is 4.42 Å². The van der Waals surface area contributed by atoms with Gasteiger partial charge in [0, 0.05) is 24.8 Å². The predicted octanol–water partition coefficient (Wildman–Crippen LogP) is -0.416. The molecule has 9 nitrogen and oxygen atoms in total. The van der Waals surface area contributed by atoms with Gasteiger partial charge in [0.15, 0.2) is 0 Å². The van der Waals surface area contributed by atoms with Gasteiger partial charge in [-0.25, -0.2) is 4.79 Å². The normalized spacial score (nSPS) is 10.7. The van der Waals surface area contributed by atoms with Gasteiger partial charge in [0.05, 0.1) is 12.2 Å². The van der Waals surface area contributed by atoms with E-state index in [1.54, 1.807) is 6.92 Å². The molecule has 0 bridgehead atoms. The van der Waals surface area contributed by atoms with Crippen LogP contribution in [0, 0.1) is 6.92 Å². The highest BCUT2D eigenvalue weighted by molar-refractivity contribution is 7.99. The van der Waals surface area contributed by atoms with Crippen LogP contribution in [0.25, 0.3) is 0 Å². The smallest absolute Gasteiger partial charge is 0.328 e. The number of carbonyl (C=O) groups excluding carboxylic acids is 1. The zero-order valence-electron chi connectivity index (χ0n) is 13.0. The number of H-pyrrole nitrogens is 1. The maximum atomic E-state index is 12.1. The molecule has 2 heterocycles. The minimum absolute atomic E-state index is 0.115. The molecule has 0 aliphatic carbocycles. The first kappa shape index (κ1) is 17.0. The van der Waals surface area contributed by atoms with E-state index in [9.17, 15) is 14.4 Å². The molecule has 10 heteroatoms. The Morgan fingerprint density at radius 3 is 2.83 bits per heavy atom. The van der Waals surface area contributed by atoms with Gasteiger partial charge in [-0.05, 0) is 13.8 Å². The first-order chi connectivity index (χ1) is 10.9. The van der Waals surface area contributed by atoms with E-state index < -0.39 is 11.2 Å². The summed E-state index contributed by atoms with van der Waals surface area (Å²) in [6, 6.07) is 0. The number of hydrogen-bond donors (Lipinski definition) is 2. The van der Waals surface area contributed by atoms with Gasteiger partial charge in [-0.2, -0.15) is 0 Å². The largest absolute Gasteiger partial charge is 0.416 e. The van der Waals surface area contributed by atoms with Crippen molar-refractivity contribution >= 4 is 17.7 Å². The predicted molar refractivity (Wildman–Crippen MR) is 83.6 cm³/mol. The fraction of sp³-hybridized carbons (Fsp3) is 0.462. The zero-order chi connectivity index (χ0) is 17.0. The molecule has 0 aliphatic rings. The third-order valence-corrected chi connectivity index (χ3v) is 3.91. The van der Waals surface area contributed by atoms with Crippen molar-refractivity contribution in [1.82, 2.24) is 25.1 Å². The number of amides is 1. The molecule has 23 heavy (non-hydrogen) atoms. The van der Waals surface area contributed by atoms with Gasteiger partial charge >= 0.3 is 5.69 Å². The molecule has 1 amide bonds. The average Bonchev–Trinajstić information content (AvgIpc) is 2.95. The Balaban J connectivity index is 2.11. The number of carbonyl (C=O) groups is 1. The molecule has 0 atom stereocenters. The topological polar surface area (TPSA) is 123 Å². The maximum Gasteiger partial charge on any atom is 0.328 e. The highest BCUT2D eigenvalue weighted by atomic mass is 32.2. The van der Waals surface area contributed by atoms with Crippen molar-refractivity contribution in [3.63, 3.8) is 0 Å². The van der Waals surface area contributed by atoms with E-state index in [-0.39, 0.29) is 29.2 Å². The van der Waals surface area contributed by atoms with Crippen molar-refractivity contribution in [2.75, 3.05) is 12.3 Å². The van der Waals surface area contributed by atoms with Crippen LogP contribution in [0.15, 0.2) is 19.2 Å². The maximum absolute atomic E-state index is 12.1. The van der Waals surface area contributed by atoms with Crippen LogP contribution in [0.4, 0.5) is 0 Å². The molecule has 0 saturated carbocycles. The lowest BCUT2D eigenvalue weighted by Gasteiger charge is -2.04. The summed E-state index contributed by atoms with van der Waals surface area (Å²) in [4.78, 5) is 37.6. The van der Waals surface area contributed by atoms with E-state index in [1.807, 2.05) is 6.92 Å². The summed E-state index contributed by atoms with van der Waals surface area (Å²) >= 11 is 1.12. The third-order valence-electron chi connectivity index (χ3n) is 3.09. The Hall–Kier alpha value is -2.36. The Morgan fingerprint density at radius 1 is 1.39 bits per heavy atom. The fourth-order valence-corrected chi connectivity index (χ4v) is 2.49. The van der Waals surface area contributed by atoms with Crippen LogP contribution in [0.5, 0.6) is 0 Å². The van der Waals surface area contributed by atoms with Crippen molar-refractivity contribution in [3.05, 3.63) is 38.0 Å². The number of aromatic nitrogens is 4. The molecular weight excluding hydrogens is 322 g/mol. The molecule has 2 N–H and O–H groups in total. The van der Waals surface area contributed by atoms with Crippen LogP contribution in [-0.2, 0) is 18.3 Å². The van der Waals surface area contributed by atoms with Gasteiger partial charge in [-0.1, -0.05) is 11.8 Å². The fourth-order valence-electron chi connectivity index (χ4n) is 1.88. The van der Waals surface area contributed by atoms with Gasteiger partial charge in [-0.15, -0.1) is 10.2 Å².